The Morgan fingerprint density at radius 1 is 1.27 bits per heavy atom. The average Bonchev–Trinajstić information content (AvgIpc) is 2.28. The lowest BCUT2D eigenvalue weighted by molar-refractivity contribution is 0.286. The smallest absolute Gasteiger partial charge is 0.309 e. The van der Waals surface area contributed by atoms with E-state index in [1.807, 2.05) is 18.2 Å². The first kappa shape index (κ1) is 12.5. The standard InChI is InChI=1S/C10H12ClO3P/c1-13-15(12,14-2)8-7-9-5-3-4-6-10(9)11/h3-8H,1-2H3. The molecule has 0 amide bonds. The summed E-state index contributed by atoms with van der Waals surface area (Å²) in [6.45, 7) is 0. The summed E-state index contributed by atoms with van der Waals surface area (Å²) >= 11 is 5.92. The molecule has 0 fully saturated rings. The Kier molecular flexibility index (Phi) is 4.55. The van der Waals surface area contributed by atoms with Gasteiger partial charge in [0.15, 0.2) is 0 Å². The highest BCUT2D eigenvalue weighted by Gasteiger charge is 2.15. The molecule has 0 spiro atoms. The van der Waals surface area contributed by atoms with E-state index in [9.17, 15) is 4.57 Å². The van der Waals surface area contributed by atoms with Gasteiger partial charge in [0.2, 0.25) is 0 Å². The zero-order chi connectivity index (χ0) is 11.3. The SMILES string of the molecule is COP(=O)(C=Cc1ccccc1Cl)OC. The number of hydrogen-bond donors (Lipinski definition) is 0. The molecule has 3 nitrogen and oxygen atoms in total. The second kappa shape index (κ2) is 5.47. The van der Waals surface area contributed by atoms with Gasteiger partial charge in [0, 0.05) is 25.1 Å². The van der Waals surface area contributed by atoms with Crippen LogP contribution in [0.1, 0.15) is 5.56 Å². The molecule has 0 N–H and O–H groups in total. The van der Waals surface area contributed by atoms with Crippen LogP contribution in [0.25, 0.3) is 6.08 Å². The van der Waals surface area contributed by atoms with Crippen LogP contribution in [0.15, 0.2) is 30.1 Å². The van der Waals surface area contributed by atoms with E-state index in [0.29, 0.717) is 5.02 Å². The topological polar surface area (TPSA) is 35.5 Å². The average molecular weight is 247 g/mol. The van der Waals surface area contributed by atoms with Gasteiger partial charge in [-0.05, 0) is 17.7 Å². The molecule has 82 valence electrons. The van der Waals surface area contributed by atoms with E-state index >= 15 is 0 Å². The summed E-state index contributed by atoms with van der Waals surface area (Å²) in [4.78, 5) is 0. The molecule has 0 radical (unpaired) electrons. The Morgan fingerprint density at radius 3 is 2.40 bits per heavy atom. The lowest BCUT2D eigenvalue weighted by Gasteiger charge is -2.07. The number of halogens is 1. The first-order valence-corrected chi connectivity index (χ1v) is 6.25. The molecular formula is C10H12ClO3P. The predicted molar refractivity (Wildman–Crippen MR) is 62.1 cm³/mol. The summed E-state index contributed by atoms with van der Waals surface area (Å²) in [5.41, 5.74) is 0.772. The van der Waals surface area contributed by atoms with Gasteiger partial charge in [-0.3, -0.25) is 4.57 Å². The first-order chi connectivity index (χ1) is 7.11. The van der Waals surface area contributed by atoms with E-state index in [1.54, 1.807) is 12.1 Å². The fourth-order valence-electron chi connectivity index (χ4n) is 0.978. The van der Waals surface area contributed by atoms with Gasteiger partial charge in [-0.2, -0.15) is 0 Å². The van der Waals surface area contributed by atoms with Crippen LogP contribution in [0.4, 0.5) is 0 Å². The third kappa shape index (κ3) is 3.47. The van der Waals surface area contributed by atoms with Crippen molar-refractivity contribution in [1.29, 1.82) is 0 Å². The van der Waals surface area contributed by atoms with Crippen LogP contribution in [0.5, 0.6) is 0 Å². The molecule has 0 bridgehead atoms. The van der Waals surface area contributed by atoms with Crippen LogP contribution in [0.2, 0.25) is 5.02 Å². The van der Waals surface area contributed by atoms with E-state index < -0.39 is 7.60 Å². The van der Waals surface area contributed by atoms with Crippen LogP contribution in [-0.4, -0.2) is 14.2 Å². The monoisotopic (exact) mass is 246 g/mol. The molecule has 15 heavy (non-hydrogen) atoms. The maximum Gasteiger partial charge on any atom is 0.353 e. The molecule has 1 rings (SSSR count). The summed E-state index contributed by atoms with van der Waals surface area (Å²) in [6.07, 6.45) is 1.62. The Hall–Kier alpha value is -0.600. The van der Waals surface area contributed by atoms with Crippen LogP contribution < -0.4 is 0 Å². The maximum absolute atomic E-state index is 11.7. The highest BCUT2D eigenvalue weighted by molar-refractivity contribution is 7.57. The van der Waals surface area contributed by atoms with Crippen molar-refractivity contribution in [2.45, 2.75) is 0 Å². The summed E-state index contributed by atoms with van der Waals surface area (Å²) in [5.74, 6) is 1.38. The number of benzene rings is 1. The second-order valence-corrected chi connectivity index (χ2v) is 5.26. The largest absolute Gasteiger partial charge is 0.353 e. The molecule has 1 aromatic carbocycles. The molecule has 0 aliphatic heterocycles. The molecule has 0 aliphatic rings. The quantitative estimate of drug-likeness (QED) is 0.758. The first-order valence-electron chi connectivity index (χ1n) is 4.26. The molecule has 0 atom stereocenters. The van der Waals surface area contributed by atoms with Crippen molar-refractivity contribution in [2.75, 3.05) is 14.2 Å². The van der Waals surface area contributed by atoms with Crippen LogP contribution in [-0.2, 0) is 13.6 Å². The molecule has 0 aromatic heterocycles. The summed E-state index contributed by atoms with van der Waals surface area (Å²) in [6, 6.07) is 7.24. The van der Waals surface area contributed by atoms with Gasteiger partial charge in [-0.25, -0.2) is 0 Å². The van der Waals surface area contributed by atoms with E-state index in [2.05, 4.69) is 0 Å². The van der Waals surface area contributed by atoms with Crippen LogP contribution in [0.3, 0.4) is 0 Å². The molecule has 0 saturated carbocycles. The lowest BCUT2D eigenvalue weighted by Crippen LogP contribution is -1.83. The van der Waals surface area contributed by atoms with Gasteiger partial charge >= 0.3 is 7.60 Å². The third-order valence-corrected chi connectivity index (χ3v) is 3.73. The van der Waals surface area contributed by atoms with E-state index in [-0.39, 0.29) is 0 Å². The van der Waals surface area contributed by atoms with Crippen molar-refractivity contribution in [3.05, 3.63) is 40.7 Å². The Balaban J connectivity index is 2.91. The predicted octanol–water partition coefficient (Wildman–Crippen LogP) is 3.80. The lowest BCUT2D eigenvalue weighted by atomic mass is 10.2. The molecule has 0 aliphatic carbocycles. The summed E-state index contributed by atoms with van der Waals surface area (Å²) in [7, 11) is -0.437. The van der Waals surface area contributed by atoms with Gasteiger partial charge in [-0.15, -0.1) is 0 Å². The van der Waals surface area contributed by atoms with Crippen molar-refractivity contribution < 1.29 is 13.6 Å². The second-order valence-electron chi connectivity index (χ2n) is 2.74. The van der Waals surface area contributed by atoms with Gasteiger partial charge in [0.25, 0.3) is 0 Å². The highest BCUT2D eigenvalue weighted by Crippen LogP contribution is 2.48. The van der Waals surface area contributed by atoms with Gasteiger partial charge in [0.1, 0.15) is 0 Å². The summed E-state index contributed by atoms with van der Waals surface area (Å²) < 4.78 is 21.2. The van der Waals surface area contributed by atoms with Crippen molar-refractivity contribution in [2.24, 2.45) is 0 Å². The normalized spacial score (nSPS) is 12.2. The molecule has 0 unspecified atom stereocenters. The van der Waals surface area contributed by atoms with Crippen molar-refractivity contribution >= 4 is 25.3 Å². The molecule has 1 aromatic rings. The van der Waals surface area contributed by atoms with Gasteiger partial charge in [0.05, 0.1) is 0 Å². The zero-order valence-electron chi connectivity index (χ0n) is 8.51. The fraction of sp³-hybridized carbons (Fsp3) is 0.200. The number of hydrogen-bond acceptors (Lipinski definition) is 3. The minimum Gasteiger partial charge on any atom is -0.309 e. The van der Waals surface area contributed by atoms with E-state index in [1.165, 1.54) is 20.0 Å². The molecule has 5 heteroatoms. The Labute approximate surface area is 94.2 Å². The van der Waals surface area contributed by atoms with Crippen molar-refractivity contribution in [1.82, 2.24) is 0 Å². The Bertz CT molecular complexity index is 395. The zero-order valence-corrected chi connectivity index (χ0v) is 10.2. The molecule has 0 saturated heterocycles. The van der Waals surface area contributed by atoms with Crippen molar-refractivity contribution in [3.63, 3.8) is 0 Å². The summed E-state index contributed by atoms with van der Waals surface area (Å²) in [5, 5.41) is 0.590. The minimum absolute atomic E-state index is 0.590. The highest BCUT2D eigenvalue weighted by atomic mass is 35.5. The van der Waals surface area contributed by atoms with E-state index in [4.69, 9.17) is 20.6 Å². The van der Waals surface area contributed by atoms with E-state index in [0.717, 1.165) is 5.56 Å². The van der Waals surface area contributed by atoms with Crippen molar-refractivity contribution in [3.8, 4) is 0 Å². The maximum atomic E-state index is 11.7. The molecular weight excluding hydrogens is 235 g/mol. The van der Waals surface area contributed by atoms with Gasteiger partial charge in [-0.1, -0.05) is 29.8 Å². The third-order valence-electron chi connectivity index (χ3n) is 1.85. The fourth-order valence-corrected chi connectivity index (χ4v) is 1.91. The van der Waals surface area contributed by atoms with Crippen LogP contribution in [0, 0.1) is 0 Å². The Morgan fingerprint density at radius 2 is 1.87 bits per heavy atom. The number of rotatable bonds is 4. The minimum atomic E-state index is -3.11. The van der Waals surface area contributed by atoms with Gasteiger partial charge < -0.3 is 9.05 Å². The van der Waals surface area contributed by atoms with Crippen LogP contribution >= 0.6 is 19.2 Å². The molecule has 0 heterocycles.